The second-order valence-electron chi connectivity index (χ2n) is 6.03. The lowest BCUT2D eigenvalue weighted by Crippen LogP contribution is -2.35. The lowest BCUT2D eigenvalue weighted by Gasteiger charge is -2.24. The molecule has 0 saturated carbocycles. The van der Waals surface area contributed by atoms with Gasteiger partial charge in [0.1, 0.15) is 5.82 Å². The SMILES string of the molecule is CN(Cc1cccs1)c1ncccc1CNC(C)(C)C. The van der Waals surface area contributed by atoms with Gasteiger partial charge in [0.25, 0.3) is 0 Å². The highest BCUT2D eigenvalue weighted by molar-refractivity contribution is 7.09. The fourth-order valence-electron chi connectivity index (χ4n) is 1.98. The first-order chi connectivity index (χ1) is 9.46. The summed E-state index contributed by atoms with van der Waals surface area (Å²) in [7, 11) is 2.10. The summed E-state index contributed by atoms with van der Waals surface area (Å²) in [4.78, 5) is 8.12. The lowest BCUT2D eigenvalue weighted by atomic mass is 10.1. The van der Waals surface area contributed by atoms with Crippen molar-refractivity contribution in [2.75, 3.05) is 11.9 Å². The van der Waals surface area contributed by atoms with Crippen molar-refractivity contribution in [3.8, 4) is 0 Å². The summed E-state index contributed by atoms with van der Waals surface area (Å²) < 4.78 is 0. The molecule has 0 bridgehead atoms. The van der Waals surface area contributed by atoms with Crippen molar-refractivity contribution in [2.45, 2.75) is 39.4 Å². The molecule has 2 aromatic rings. The molecule has 0 aliphatic rings. The number of hydrogen-bond donors (Lipinski definition) is 1. The minimum atomic E-state index is 0.111. The zero-order valence-corrected chi connectivity index (χ0v) is 13.5. The molecular weight excluding hydrogens is 266 g/mol. The molecule has 0 spiro atoms. The van der Waals surface area contributed by atoms with Gasteiger partial charge in [-0.1, -0.05) is 12.1 Å². The Morgan fingerprint density at radius 3 is 2.70 bits per heavy atom. The largest absolute Gasteiger partial charge is 0.354 e. The maximum atomic E-state index is 4.55. The van der Waals surface area contributed by atoms with E-state index in [9.17, 15) is 0 Å². The van der Waals surface area contributed by atoms with Crippen LogP contribution in [-0.4, -0.2) is 17.6 Å². The molecule has 0 saturated heterocycles. The fourth-order valence-corrected chi connectivity index (χ4v) is 2.74. The second kappa shape index (κ2) is 6.37. The van der Waals surface area contributed by atoms with Gasteiger partial charge in [0.2, 0.25) is 0 Å². The number of hydrogen-bond acceptors (Lipinski definition) is 4. The van der Waals surface area contributed by atoms with Crippen LogP contribution in [0.25, 0.3) is 0 Å². The van der Waals surface area contributed by atoms with Crippen molar-refractivity contribution >= 4 is 17.2 Å². The third-order valence-corrected chi connectivity index (χ3v) is 3.87. The maximum Gasteiger partial charge on any atom is 0.133 e. The number of pyridine rings is 1. The average molecular weight is 289 g/mol. The van der Waals surface area contributed by atoms with Gasteiger partial charge in [-0.3, -0.25) is 0 Å². The summed E-state index contributed by atoms with van der Waals surface area (Å²) in [6.07, 6.45) is 1.86. The Kier molecular flexibility index (Phi) is 4.78. The second-order valence-corrected chi connectivity index (χ2v) is 7.06. The van der Waals surface area contributed by atoms with Crippen LogP contribution >= 0.6 is 11.3 Å². The number of rotatable bonds is 5. The first-order valence-corrected chi connectivity index (χ1v) is 7.76. The van der Waals surface area contributed by atoms with Gasteiger partial charge in [-0.05, 0) is 38.3 Å². The molecule has 2 rings (SSSR count). The van der Waals surface area contributed by atoms with Crippen molar-refractivity contribution in [1.82, 2.24) is 10.3 Å². The van der Waals surface area contributed by atoms with Gasteiger partial charge in [0.05, 0.1) is 6.54 Å². The van der Waals surface area contributed by atoms with E-state index in [0.29, 0.717) is 0 Å². The molecule has 0 aromatic carbocycles. The van der Waals surface area contributed by atoms with E-state index in [1.165, 1.54) is 10.4 Å². The molecule has 0 unspecified atom stereocenters. The first-order valence-electron chi connectivity index (χ1n) is 6.88. The van der Waals surface area contributed by atoms with Crippen molar-refractivity contribution in [3.05, 3.63) is 46.3 Å². The normalized spacial score (nSPS) is 11.6. The van der Waals surface area contributed by atoms with Gasteiger partial charge >= 0.3 is 0 Å². The molecular formula is C16H23N3S. The molecule has 0 aliphatic carbocycles. The first kappa shape index (κ1) is 15.0. The third kappa shape index (κ3) is 4.32. The molecule has 0 radical (unpaired) electrons. The van der Waals surface area contributed by atoms with Crippen LogP contribution in [0.2, 0.25) is 0 Å². The molecule has 0 amide bonds. The molecule has 20 heavy (non-hydrogen) atoms. The Bertz CT molecular complexity index is 529. The van der Waals surface area contributed by atoms with E-state index in [2.05, 4.69) is 66.6 Å². The van der Waals surface area contributed by atoms with Crippen LogP contribution in [0.3, 0.4) is 0 Å². The Labute approximate surface area is 125 Å². The monoisotopic (exact) mass is 289 g/mol. The standard InChI is InChI=1S/C16H23N3S/c1-16(2,3)18-11-13-7-5-9-17-15(13)19(4)12-14-8-6-10-20-14/h5-10,18H,11-12H2,1-4H3. The van der Waals surface area contributed by atoms with Crippen LogP contribution in [0, 0.1) is 0 Å². The van der Waals surface area contributed by atoms with Gasteiger partial charge in [0, 0.05) is 35.8 Å². The highest BCUT2D eigenvalue weighted by Crippen LogP contribution is 2.20. The predicted octanol–water partition coefficient (Wildman–Crippen LogP) is 3.67. The quantitative estimate of drug-likeness (QED) is 0.910. The van der Waals surface area contributed by atoms with Crippen molar-refractivity contribution in [3.63, 3.8) is 0 Å². The highest BCUT2D eigenvalue weighted by Gasteiger charge is 2.13. The van der Waals surface area contributed by atoms with E-state index in [1.54, 1.807) is 11.3 Å². The van der Waals surface area contributed by atoms with Gasteiger partial charge < -0.3 is 10.2 Å². The van der Waals surface area contributed by atoms with Gasteiger partial charge in [-0.15, -0.1) is 11.3 Å². The van der Waals surface area contributed by atoms with E-state index >= 15 is 0 Å². The molecule has 108 valence electrons. The van der Waals surface area contributed by atoms with E-state index in [4.69, 9.17) is 0 Å². The van der Waals surface area contributed by atoms with Crippen LogP contribution < -0.4 is 10.2 Å². The molecule has 2 heterocycles. The van der Waals surface area contributed by atoms with Crippen LogP contribution in [-0.2, 0) is 13.1 Å². The summed E-state index contributed by atoms with van der Waals surface area (Å²) in [5.74, 6) is 1.05. The Balaban J connectivity index is 2.10. The minimum Gasteiger partial charge on any atom is -0.354 e. The number of anilines is 1. The Morgan fingerprint density at radius 2 is 2.05 bits per heavy atom. The van der Waals surface area contributed by atoms with Crippen molar-refractivity contribution in [2.24, 2.45) is 0 Å². The highest BCUT2D eigenvalue weighted by atomic mass is 32.1. The van der Waals surface area contributed by atoms with Crippen LogP contribution in [0.4, 0.5) is 5.82 Å². The van der Waals surface area contributed by atoms with Crippen molar-refractivity contribution < 1.29 is 0 Å². The number of thiophene rings is 1. The Hall–Kier alpha value is -1.39. The summed E-state index contributed by atoms with van der Waals surface area (Å²) in [5, 5.41) is 5.64. The molecule has 2 aromatic heterocycles. The summed E-state index contributed by atoms with van der Waals surface area (Å²) >= 11 is 1.78. The van der Waals surface area contributed by atoms with E-state index < -0.39 is 0 Å². The topological polar surface area (TPSA) is 28.2 Å². The summed E-state index contributed by atoms with van der Waals surface area (Å²) in [6, 6.07) is 8.40. The summed E-state index contributed by atoms with van der Waals surface area (Å²) in [6.45, 7) is 8.27. The molecule has 0 fully saturated rings. The van der Waals surface area contributed by atoms with Crippen molar-refractivity contribution in [1.29, 1.82) is 0 Å². The van der Waals surface area contributed by atoms with Gasteiger partial charge in [0.15, 0.2) is 0 Å². The molecule has 0 aliphatic heterocycles. The number of aromatic nitrogens is 1. The molecule has 0 atom stereocenters. The van der Waals surface area contributed by atoms with E-state index in [-0.39, 0.29) is 5.54 Å². The van der Waals surface area contributed by atoms with E-state index in [0.717, 1.165) is 18.9 Å². The van der Waals surface area contributed by atoms with Crippen LogP contribution in [0.1, 0.15) is 31.2 Å². The minimum absolute atomic E-state index is 0.111. The van der Waals surface area contributed by atoms with Crippen LogP contribution in [0.5, 0.6) is 0 Å². The van der Waals surface area contributed by atoms with Gasteiger partial charge in [-0.25, -0.2) is 4.98 Å². The average Bonchev–Trinajstić information content (AvgIpc) is 2.88. The third-order valence-electron chi connectivity index (χ3n) is 3.01. The predicted molar refractivity (Wildman–Crippen MR) is 87.3 cm³/mol. The molecule has 3 nitrogen and oxygen atoms in total. The van der Waals surface area contributed by atoms with Gasteiger partial charge in [-0.2, -0.15) is 0 Å². The zero-order chi connectivity index (χ0) is 14.6. The van der Waals surface area contributed by atoms with Crippen LogP contribution in [0.15, 0.2) is 35.8 Å². The van der Waals surface area contributed by atoms with E-state index in [1.807, 2.05) is 12.3 Å². The lowest BCUT2D eigenvalue weighted by molar-refractivity contribution is 0.424. The number of nitrogens with one attached hydrogen (secondary N) is 1. The number of nitrogens with zero attached hydrogens (tertiary/aromatic N) is 2. The molecule has 1 N–H and O–H groups in total. The summed E-state index contributed by atoms with van der Waals surface area (Å²) in [5.41, 5.74) is 1.35. The molecule has 4 heteroatoms. The maximum absolute atomic E-state index is 4.55. The fraction of sp³-hybridized carbons (Fsp3) is 0.438. The smallest absolute Gasteiger partial charge is 0.133 e. The zero-order valence-electron chi connectivity index (χ0n) is 12.7. The Morgan fingerprint density at radius 1 is 1.25 bits per heavy atom.